The van der Waals surface area contributed by atoms with E-state index in [1.54, 1.807) is 6.07 Å². The van der Waals surface area contributed by atoms with Gasteiger partial charge in [0.1, 0.15) is 5.82 Å². The second-order valence-corrected chi connectivity index (χ2v) is 7.33. The Morgan fingerprint density at radius 1 is 1.46 bits per heavy atom. The summed E-state index contributed by atoms with van der Waals surface area (Å²) in [4.78, 5) is 13.0. The van der Waals surface area contributed by atoms with Crippen LogP contribution < -0.4 is 5.32 Å². The molecule has 2 aromatic rings. The molecular weight excluding hydrogens is 357 g/mol. The molecule has 3 rings (SSSR count). The summed E-state index contributed by atoms with van der Waals surface area (Å²) in [5.41, 5.74) is 0.609. The normalized spacial score (nSPS) is 17.1. The maximum absolute atomic E-state index is 14.2. The Labute approximate surface area is 156 Å². The predicted molar refractivity (Wildman–Crippen MR) is 99.2 cm³/mol. The van der Waals surface area contributed by atoms with Crippen molar-refractivity contribution in [2.45, 2.75) is 32.0 Å². The number of carbonyl (C=O) groups is 1. The van der Waals surface area contributed by atoms with Crippen LogP contribution in [0, 0.1) is 5.82 Å². The third-order valence-electron chi connectivity index (χ3n) is 4.34. The summed E-state index contributed by atoms with van der Waals surface area (Å²) in [7, 11) is 1.54. The first-order chi connectivity index (χ1) is 12.7. The summed E-state index contributed by atoms with van der Waals surface area (Å²) in [6.45, 7) is 2.72. The van der Waals surface area contributed by atoms with Gasteiger partial charge in [-0.15, -0.1) is 11.3 Å². The highest BCUT2D eigenvalue weighted by Gasteiger charge is 2.20. The van der Waals surface area contributed by atoms with E-state index in [0.29, 0.717) is 35.6 Å². The molecule has 2 heterocycles. The zero-order valence-corrected chi connectivity index (χ0v) is 15.7. The van der Waals surface area contributed by atoms with Gasteiger partial charge in [0.15, 0.2) is 0 Å². The Hall–Kier alpha value is -1.54. The van der Waals surface area contributed by atoms with E-state index in [1.807, 2.05) is 6.07 Å². The molecule has 1 aromatic carbocycles. The van der Waals surface area contributed by atoms with Crippen molar-refractivity contribution < 1.29 is 23.4 Å². The lowest BCUT2D eigenvalue weighted by Crippen LogP contribution is -2.26. The van der Waals surface area contributed by atoms with Crippen molar-refractivity contribution >= 4 is 27.3 Å². The van der Waals surface area contributed by atoms with Crippen LogP contribution in [0.15, 0.2) is 18.2 Å². The molecule has 1 aliphatic heterocycles. The number of rotatable bonds is 9. The minimum absolute atomic E-state index is 0.197. The number of nitrogens with one attached hydrogen (secondary N) is 1. The summed E-state index contributed by atoms with van der Waals surface area (Å²) >= 11 is 1.29. The molecule has 7 heteroatoms. The molecule has 1 N–H and O–H groups in total. The van der Waals surface area contributed by atoms with Crippen LogP contribution in [0.4, 0.5) is 4.39 Å². The maximum Gasteiger partial charge on any atom is 0.261 e. The number of benzene rings is 1. The fourth-order valence-corrected chi connectivity index (χ4v) is 4.22. The fourth-order valence-electron chi connectivity index (χ4n) is 3.08. The number of hydrogen-bond acceptors (Lipinski definition) is 5. The monoisotopic (exact) mass is 381 g/mol. The number of fused-ring (bicyclic) bond motifs is 1. The Morgan fingerprint density at radius 3 is 3.12 bits per heavy atom. The van der Waals surface area contributed by atoms with Crippen molar-refractivity contribution in [1.29, 1.82) is 0 Å². The molecule has 1 fully saturated rings. The van der Waals surface area contributed by atoms with Gasteiger partial charge in [-0.05, 0) is 31.4 Å². The second-order valence-electron chi connectivity index (χ2n) is 6.28. The molecule has 1 aliphatic rings. The lowest BCUT2D eigenvalue weighted by molar-refractivity contribution is 0.0166. The number of carbonyl (C=O) groups excluding carboxylic acids is 1. The van der Waals surface area contributed by atoms with Gasteiger partial charge in [0, 0.05) is 42.5 Å². The van der Waals surface area contributed by atoms with Gasteiger partial charge in [-0.3, -0.25) is 4.79 Å². The van der Waals surface area contributed by atoms with E-state index in [2.05, 4.69) is 5.32 Å². The highest BCUT2D eigenvalue weighted by atomic mass is 32.1. The van der Waals surface area contributed by atoms with Gasteiger partial charge in [-0.1, -0.05) is 6.07 Å². The molecule has 1 unspecified atom stereocenters. The predicted octanol–water partition coefficient (Wildman–Crippen LogP) is 3.50. The average molecular weight is 381 g/mol. The highest BCUT2D eigenvalue weighted by Crippen LogP contribution is 2.33. The van der Waals surface area contributed by atoms with E-state index in [1.165, 1.54) is 24.5 Å². The van der Waals surface area contributed by atoms with Crippen LogP contribution >= 0.6 is 11.3 Å². The largest absolute Gasteiger partial charge is 0.380 e. The van der Waals surface area contributed by atoms with Gasteiger partial charge in [0.25, 0.3) is 5.91 Å². The number of ether oxygens (including phenoxy) is 3. The van der Waals surface area contributed by atoms with Crippen LogP contribution in [-0.2, 0) is 20.8 Å². The van der Waals surface area contributed by atoms with Crippen LogP contribution in [0.25, 0.3) is 10.1 Å². The Morgan fingerprint density at radius 2 is 2.35 bits per heavy atom. The Bertz CT molecular complexity index is 742. The standard InChI is InChI=1S/C19H24FNO4S/c1-23-12-14-17-15(20)6-2-7-16(17)26-18(14)19(22)21-8-4-9-24-11-13-5-3-10-25-13/h2,6-7,13H,3-5,8-12H2,1H3,(H,21,22). The van der Waals surface area contributed by atoms with Gasteiger partial charge in [-0.2, -0.15) is 0 Å². The molecule has 0 saturated carbocycles. The number of halogens is 1. The minimum atomic E-state index is -0.326. The molecule has 0 bridgehead atoms. The highest BCUT2D eigenvalue weighted by molar-refractivity contribution is 7.21. The number of thiophene rings is 1. The Kier molecular flexibility index (Phi) is 6.96. The molecule has 0 radical (unpaired) electrons. The smallest absolute Gasteiger partial charge is 0.261 e. The molecule has 0 aliphatic carbocycles. The van der Waals surface area contributed by atoms with Gasteiger partial charge < -0.3 is 19.5 Å². The number of methoxy groups -OCH3 is 1. The topological polar surface area (TPSA) is 56.8 Å². The second kappa shape index (κ2) is 9.41. The van der Waals surface area contributed by atoms with Gasteiger partial charge in [-0.25, -0.2) is 4.39 Å². The maximum atomic E-state index is 14.2. The van der Waals surface area contributed by atoms with Crippen LogP contribution in [0.5, 0.6) is 0 Å². The van der Waals surface area contributed by atoms with E-state index >= 15 is 0 Å². The lowest BCUT2D eigenvalue weighted by Gasteiger charge is -2.10. The van der Waals surface area contributed by atoms with Crippen LogP contribution in [-0.4, -0.2) is 45.5 Å². The van der Waals surface area contributed by atoms with Crippen molar-refractivity contribution in [3.05, 3.63) is 34.5 Å². The first-order valence-corrected chi connectivity index (χ1v) is 9.68. The molecule has 5 nitrogen and oxygen atoms in total. The molecule has 1 aromatic heterocycles. The summed E-state index contributed by atoms with van der Waals surface area (Å²) < 4.78 is 31.2. The first-order valence-electron chi connectivity index (χ1n) is 8.87. The molecule has 1 saturated heterocycles. The third kappa shape index (κ3) is 4.59. The molecule has 1 atom stereocenters. The van der Waals surface area contributed by atoms with Crippen molar-refractivity contribution in [2.75, 3.05) is 33.5 Å². The fraction of sp³-hybridized carbons (Fsp3) is 0.526. The third-order valence-corrected chi connectivity index (χ3v) is 5.53. The lowest BCUT2D eigenvalue weighted by atomic mass is 10.1. The number of amides is 1. The quantitative estimate of drug-likeness (QED) is 0.676. The van der Waals surface area contributed by atoms with Crippen molar-refractivity contribution in [1.82, 2.24) is 5.32 Å². The summed E-state index contributed by atoms with van der Waals surface area (Å²) in [6, 6.07) is 4.87. The van der Waals surface area contributed by atoms with Gasteiger partial charge in [0.05, 0.1) is 24.2 Å². The van der Waals surface area contributed by atoms with Crippen LogP contribution in [0.2, 0.25) is 0 Å². The van der Waals surface area contributed by atoms with Crippen molar-refractivity contribution in [2.24, 2.45) is 0 Å². The first kappa shape index (κ1) is 19.2. The van der Waals surface area contributed by atoms with E-state index in [4.69, 9.17) is 14.2 Å². The van der Waals surface area contributed by atoms with Crippen LogP contribution in [0.1, 0.15) is 34.5 Å². The molecule has 1 amide bonds. The molecular formula is C19H24FNO4S. The molecule has 142 valence electrons. The Balaban J connectivity index is 1.52. The van der Waals surface area contributed by atoms with E-state index in [-0.39, 0.29) is 24.4 Å². The van der Waals surface area contributed by atoms with Gasteiger partial charge >= 0.3 is 0 Å². The van der Waals surface area contributed by atoms with E-state index in [9.17, 15) is 9.18 Å². The molecule has 26 heavy (non-hydrogen) atoms. The average Bonchev–Trinajstić information content (AvgIpc) is 3.27. The zero-order chi connectivity index (χ0) is 18.4. The van der Waals surface area contributed by atoms with Crippen molar-refractivity contribution in [3.8, 4) is 0 Å². The SMILES string of the molecule is COCc1c(C(=O)NCCCOCC2CCCO2)sc2cccc(F)c12. The van der Waals surface area contributed by atoms with Crippen LogP contribution in [0.3, 0.4) is 0 Å². The van der Waals surface area contributed by atoms with E-state index < -0.39 is 0 Å². The van der Waals surface area contributed by atoms with E-state index in [0.717, 1.165) is 30.6 Å². The summed E-state index contributed by atoms with van der Waals surface area (Å²) in [6.07, 6.45) is 3.09. The minimum Gasteiger partial charge on any atom is -0.380 e. The molecule has 0 spiro atoms. The van der Waals surface area contributed by atoms with Crippen molar-refractivity contribution in [3.63, 3.8) is 0 Å². The summed E-state index contributed by atoms with van der Waals surface area (Å²) in [5, 5.41) is 3.37. The number of hydrogen-bond donors (Lipinski definition) is 1. The zero-order valence-electron chi connectivity index (χ0n) is 14.9. The summed E-state index contributed by atoms with van der Waals surface area (Å²) in [5.74, 6) is -0.524. The van der Waals surface area contributed by atoms with Gasteiger partial charge in [0.2, 0.25) is 0 Å².